The van der Waals surface area contributed by atoms with Crippen LogP contribution in [-0.2, 0) is 13.6 Å². The van der Waals surface area contributed by atoms with E-state index in [1.807, 2.05) is 0 Å². The number of carbonyl (C=O) groups excluding carboxylic acids is 1. The van der Waals surface area contributed by atoms with Crippen molar-refractivity contribution in [3.8, 4) is 0 Å². The molecule has 0 aliphatic heterocycles. The van der Waals surface area contributed by atoms with Crippen LogP contribution in [0, 0.1) is 0 Å². The molecule has 0 aromatic carbocycles. The predicted octanol–water partition coefficient (Wildman–Crippen LogP) is 2.77. The fourth-order valence-corrected chi connectivity index (χ4v) is 6.50. The van der Waals surface area contributed by atoms with Gasteiger partial charge in [-0.15, -0.1) is 0 Å². The maximum atomic E-state index is 12.1. The van der Waals surface area contributed by atoms with Crippen LogP contribution in [0.4, 0.5) is 0 Å². The molecule has 0 radical (unpaired) electrons. The summed E-state index contributed by atoms with van der Waals surface area (Å²) in [6.45, 7) is 4.12. The summed E-state index contributed by atoms with van der Waals surface area (Å²) in [6, 6.07) is 3.23. The third-order valence-electron chi connectivity index (χ3n) is 1.72. The van der Waals surface area contributed by atoms with Crippen molar-refractivity contribution >= 4 is 26.6 Å². The van der Waals surface area contributed by atoms with Crippen molar-refractivity contribution in [1.82, 2.24) is 0 Å². The van der Waals surface area contributed by atoms with E-state index in [9.17, 15) is 9.36 Å². The first-order chi connectivity index (χ1) is 8.11. The van der Waals surface area contributed by atoms with E-state index in [2.05, 4.69) is 0 Å². The van der Waals surface area contributed by atoms with Crippen LogP contribution in [0.3, 0.4) is 0 Å². The minimum absolute atomic E-state index is 0.151. The van der Waals surface area contributed by atoms with Crippen molar-refractivity contribution in [2.24, 2.45) is 0 Å². The second kappa shape index (κ2) is 7.14. The first-order valence-corrected chi connectivity index (χ1v) is 10.2. The monoisotopic (exact) mass is 326 g/mol. The number of carbonyl (C=O) groups is 1. The summed E-state index contributed by atoms with van der Waals surface area (Å²) in [7, 11) is 0. The molecular formula is C10H15O5PSe. The molecule has 0 bridgehead atoms. The van der Waals surface area contributed by atoms with Gasteiger partial charge < -0.3 is 0 Å². The number of rotatable bonds is 8. The van der Waals surface area contributed by atoms with E-state index in [1.165, 1.54) is 6.26 Å². The van der Waals surface area contributed by atoms with E-state index < -0.39 is 20.8 Å². The molecule has 17 heavy (non-hydrogen) atoms. The zero-order valence-corrected chi connectivity index (χ0v) is 12.4. The van der Waals surface area contributed by atoms with Crippen LogP contribution in [0.5, 0.6) is 0 Å². The van der Waals surface area contributed by atoms with Gasteiger partial charge in [0.25, 0.3) is 0 Å². The Kier molecular flexibility index (Phi) is 6.17. The van der Waals surface area contributed by atoms with E-state index in [0.717, 1.165) is 0 Å². The molecule has 5 nitrogen and oxygen atoms in total. The summed E-state index contributed by atoms with van der Waals surface area (Å²) in [6.07, 6.45) is -1.64. The van der Waals surface area contributed by atoms with E-state index in [4.69, 9.17) is 13.5 Å². The zero-order valence-electron chi connectivity index (χ0n) is 9.75. The Morgan fingerprint density at radius 3 is 2.53 bits per heavy atom. The van der Waals surface area contributed by atoms with Gasteiger partial charge in [-0.25, -0.2) is 0 Å². The first kappa shape index (κ1) is 14.7. The topological polar surface area (TPSA) is 65.7 Å². The normalized spacial score (nSPS) is 11.6. The Labute approximate surface area is 106 Å². The summed E-state index contributed by atoms with van der Waals surface area (Å²) in [4.78, 5) is 11.7. The van der Waals surface area contributed by atoms with Crippen molar-refractivity contribution in [3.63, 3.8) is 0 Å². The number of hydrogen-bond donors (Lipinski definition) is 0. The second-order valence-corrected chi connectivity index (χ2v) is 9.67. The van der Waals surface area contributed by atoms with Gasteiger partial charge in [0.15, 0.2) is 0 Å². The predicted molar refractivity (Wildman–Crippen MR) is 64.5 cm³/mol. The molecule has 0 unspecified atom stereocenters. The van der Waals surface area contributed by atoms with Crippen molar-refractivity contribution in [3.05, 3.63) is 24.2 Å². The summed E-state index contributed by atoms with van der Waals surface area (Å²) < 4.78 is 27.3. The van der Waals surface area contributed by atoms with Crippen molar-refractivity contribution in [2.75, 3.05) is 13.2 Å². The summed E-state index contributed by atoms with van der Waals surface area (Å²) in [5, 5.41) is 0.151. The fourth-order valence-electron chi connectivity index (χ4n) is 1.07. The number of Topliss-reactive ketones (excluding diaryl/α,β-unsaturated/α-hetero) is 1. The van der Waals surface area contributed by atoms with Gasteiger partial charge in [0.2, 0.25) is 0 Å². The van der Waals surface area contributed by atoms with Gasteiger partial charge in [0, 0.05) is 0 Å². The van der Waals surface area contributed by atoms with Crippen molar-refractivity contribution in [1.29, 1.82) is 0 Å². The third kappa shape index (κ3) is 4.78. The van der Waals surface area contributed by atoms with E-state index >= 15 is 0 Å². The Bertz CT molecular complexity index is 379. The average molecular weight is 325 g/mol. The van der Waals surface area contributed by atoms with Gasteiger partial charge in [-0.1, -0.05) is 0 Å². The van der Waals surface area contributed by atoms with Gasteiger partial charge in [0.1, 0.15) is 0 Å². The maximum absolute atomic E-state index is 12.1. The Hall–Kier alpha value is -0.381. The molecule has 0 N–H and O–H groups in total. The third-order valence-corrected chi connectivity index (χ3v) is 8.00. The van der Waals surface area contributed by atoms with E-state index in [0.29, 0.717) is 13.2 Å². The van der Waals surface area contributed by atoms with Crippen molar-refractivity contribution < 1.29 is 22.8 Å². The zero-order chi connectivity index (χ0) is 12.7. The standard InChI is InChI=1S/C10H15O5PSe/c1-3-14-16(12,15-4-2)17-8-9(11)10-6-5-7-13-10/h5-7H,3-4,8H2,1-2H3. The molecule has 0 amide bonds. The molecule has 1 aromatic rings. The fraction of sp³-hybridized carbons (Fsp3) is 0.500. The van der Waals surface area contributed by atoms with Gasteiger partial charge in [-0.3, -0.25) is 0 Å². The molecule has 0 aliphatic rings. The van der Waals surface area contributed by atoms with Crippen molar-refractivity contribution in [2.45, 2.75) is 19.2 Å². The summed E-state index contributed by atoms with van der Waals surface area (Å²) in [5.41, 5.74) is 0. The van der Waals surface area contributed by atoms with Crippen LogP contribution in [0.2, 0.25) is 5.32 Å². The molecular weight excluding hydrogens is 310 g/mol. The van der Waals surface area contributed by atoms with E-state index in [-0.39, 0.29) is 16.9 Å². The number of ketones is 1. The van der Waals surface area contributed by atoms with E-state index in [1.54, 1.807) is 26.0 Å². The number of furan rings is 1. The summed E-state index contributed by atoms with van der Waals surface area (Å²) >= 11 is -0.525. The van der Waals surface area contributed by atoms with Gasteiger partial charge in [-0.05, 0) is 0 Å². The van der Waals surface area contributed by atoms with Gasteiger partial charge in [-0.2, -0.15) is 0 Å². The van der Waals surface area contributed by atoms with Gasteiger partial charge in [0.05, 0.1) is 0 Å². The van der Waals surface area contributed by atoms with Crippen LogP contribution in [0.25, 0.3) is 0 Å². The molecule has 7 heteroatoms. The SMILES string of the molecule is CCOP(=O)(OCC)[Se]CC(=O)c1ccco1. The Morgan fingerprint density at radius 1 is 1.41 bits per heavy atom. The Balaban J connectivity index is 2.52. The number of hydrogen-bond acceptors (Lipinski definition) is 5. The molecule has 0 fully saturated rings. The molecule has 0 atom stereocenters. The van der Waals surface area contributed by atoms with Crippen LogP contribution in [-0.4, -0.2) is 33.5 Å². The molecule has 0 aliphatic carbocycles. The molecule has 1 aromatic heterocycles. The Morgan fingerprint density at radius 2 is 2.06 bits per heavy atom. The average Bonchev–Trinajstić information content (AvgIpc) is 2.80. The van der Waals surface area contributed by atoms with Gasteiger partial charge >= 0.3 is 106 Å². The quantitative estimate of drug-likeness (QED) is 0.418. The first-order valence-electron chi connectivity index (χ1n) is 5.21. The van der Waals surface area contributed by atoms with Crippen LogP contribution >= 0.6 is 6.29 Å². The molecule has 0 spiro atoms. The second-order valence-electron chi connectivity index (χ2n) is 2.96. The molecule has 96 valence electrons. The summed E-state index contributed by atoms with van der Waals surface area (Å²) in [5.74, 6) is 0.112. The molecule has 0 saturated carbocycles. The van der Waals surface area contributed by atoms with Crippen LogP contribution < -0.4 is 0 Å². The molecule has 1 rings (SSSR count). The molecule has 1 heterocycles. The molecule has 0 saturated heterocycles. The minimum atomic E-state index is -3.07. The van der Waals surface area contributed by atoms with Crippen LogP contribution in [0.1, 0.15) is 24.4 Å². The van der Waals surface area contributed by atoms with Crippen LogP contribution in [0.15, 0.2) is 22.8 Å².